The van der Waals surface area contributed by atoms with E-state index >= 15 is 0 Å². The Labute approximate surface area is 167 Å². The Balaban J connectivity index is 0.00000225. The zero-order chi connectivity index (χ0) is 18.8. The Bertz CT molecular complexity index is 970. The minimum Gasteiger partial charge on any atom is -0.496 e. The topological polar surface area (TPSA) is 118 Å². The largest absolute Gasteiger partial charge is 0.496 e. The van der Waals surface area contributed by atoms with Crippen LogP contribution < -0.4 is 15.4 Å². The van der Waals surface area contributed by atoms with Gasteiger partial charge in [-0.15, -0.1) is 12.4 Å². The van der Waals surface area contributed by atoms with Crippen LogP contribution in [0.25, 0.3) is 0 Å². The molecule has 2 aromatic heterocycles. The fourth-order valence-corrected chi connectivity index (χ4v) is 3.23. The Morgan fingerprint density at radius 2 is 2.18 bits per heavy atom. The van der Waals surface area contributed by atoms with Crippen molar-refractivity contribution in [1.82, 2.24) is 31.0 Å². The normalized spacial score (nSPS) is 13.9. The summed E-state index contributed by atoms with van der Waals surface area (Å²) in [5, 5.41) is 17.4. The van der Waals surface area contributed by atoms with E-state index in [1.165, 1.54) is 0 Å². The van der Waals surface area contributed by atoms with Gasteiger partial charge in [0.1, 0.15) is 11.8 Å². The molecule has 1 unspecified atom stereocenters. The van der Waals surface area contributed by atoms with E-state index in [0.29, 0.717) is 29.7 Å². The predicted molar refractivity (Wildman–Crippen MR) is 103 cm³/mol. The van der Waals surface area contributed by atoms with Gasteiger partial charge in [-0.25, -0.2) is 0 Å². The molecule has 10 heteroatoms. The lowest BCUT2D eigenvalue weighted by Gasteiger charge is -2.19. The summed E-state index contributed by atoms with van der Waals surface area (Å²) in [6.45, 7) is 3.17. The number of nitrogens with zero attached hydrogens (tertiary/aromatic N) is 3. The molecule has 28 heavy (non-hydrogen) atoms. The number of nitrogens with one attached hydrogen (secondary N) is 3. The van der Waals surface area contributed by atoms with E-state index in [0.717, 1.165) is 29.8 Å². The van der Waals surface area contributed by atoms with Gasteiger partial charge in [0.15, 0.2) is 11.5 Å². The Morgan fingerprint density at radius 3 is 2.93 bits per heavy atom. The van der Waals surface area contributed by atoms with Crippen molar-refractivity contribution in [1.29, 1.82) is 0 Å². The fraction of sp³-hybridized carbons (Fsp3) is 0.333. The van der Waals surface area contributed by atoms with Crippen LogP contribution in [0.1, 0.15) is 45.1 Å². The third-order valence-electron chi connectivity index (χ3n) is 4.55. The lowest BCUT2D eigenvalue weighted by Crippen LogP contribution is -2.32. The third-order valence-corrected chi connectivity index (χ3v) is 4.55. The van der Waals surface area contributed by atoms with Gasteiger partial charge in [-0.3, -0.25) is 9.89 Å². The number of methoxy groups -OCH3 is 1. The van der Waals surface area contributed by atoms with Crippen molar-refractivity contribution >= 4 is 18.3 Å². The molecule has 0 saturated heterocycles. The first-order chi connectivity index (χ1) is 13.2. The van der Waals surface area contributed by atoms with E-state index in [-0.39, 0.29) is 18.3 Å². The van der Waals surface area contributed by atoms with E-state index in [2.05, 4.69) is 31.0 Å². The highest BCUT2D eigenvalue weighted by Gasteiger charge is 2.28. The van der Waals surface area contributed by atoms with E-state index in [4.69, 9.17) is 9.26 Å². The molecule has 3 heterocycles. The quantitative estimate of drug-likeness (QED) is 0.592. The van der Waals surface area contributed by atoms with Gasteiger partial charge in [-0.1, -0.05) is 23.4 Å². The summed E-state index contributed by atoms with van der Waals surface area (Å²) in [7, 11) is 1.58. The molecule has 0 aliphatic carbocycles. The number of fused-ring (bicyclic) bond motifs is 1. The summed E-state index contributed by atoms with van der Waals surface area (Å²) < 4.78 is 10.6. The number of aromatic nitrogens is 4. The van der Waals surface area contributed by atoms with Crippen molar-refractivity contribution in [2.24, 2.45) is 0 Å². The highest BCUT2D eigenvalue weighted by molar-refractivity contribution is 5.94. The summed E-state index contributed by atoms with van der Waals surface area (Å²) in [6, 6.07) is 6.77. The number of hydrogen-bond donors (Lipinski definition) is 3. The average molecular weight is 405 g/mol. The number of hydrogen-bond acceptors (Lipinski definition) is 7. The number of aryl methyl sites for hydroxylation is 1. The molecular formula is C18H21ClN6O3. The summed E-state index contributed by atoms with van der Waals surface area (Å²) in [5.74, 6) is 1.08. The lowest BCUT2D eigenvalue weighted by atomic mass is 10.0. The van der Waals surface area contributed by atoms with Crippen molar-refractivity contribution in [3.8, 4) is 5.75 Å². The molecule has 1 atom stereocenters. The maximum absolute atomic E-state index is 13.0. The monoisotopic (exact) mass is 404 g/mol. The molecule has 3 N–H and O–H groups in total. The van der Waals surface area contributed by atoms with E-state index in [9.17, 15) is 4.79 Å². The van der Waals surface area contributed by atoms with Gasteiger partial charge in [0.2, 0.25) is 5.89 Å². The van der Waals surface area contributed by atoms with Crippen molar-refractivity contribution in [3.63, 3.8) is 0 Å². The third kappa shape index (κ3) is 3.71. The smallest absolute Gasteiger partial charge is 0.272 e. The van der Waals surface area contributed by atoms with Crippen molar-refractivity contribution in [2.75, 3.05) is 13.7 Å². The Hall–Kier alpha value is -2.91. The molecule has 3 aromatic rings. The van der Waals surface area contributed by atoms with Crippen LogP contribution in [0.3, 0.4) is 0 Å². The SMILES string of the molecule is COc1ccccc1C(NC(=O)c1n[nH]c2c1CNCC2)c1noc(C)n1.Cl. The molecule has 1 aromatic carbocycles. The number of rotatable bonds is 5. The minimum atomic E-state index is -0.630. The molecule has 0 fully saturated rings. The number of carbonyl (C=O) groups excluding carboxylic acids is 1. The molecular weight excluding hydrogens is 384 g/mol. The minimum absolute atomic E-state index is 0. The number of H-pyrrole nitrogens is 1. The van der Waals surface area contributed by atoms with Crippen molar-refractivity contribution in [3.05, 3.63) is 58.5 Å². The standard InChI is InChI=1S/C18H20N6O3.ClH/c1-10-20-17(24-27-10)15(11-5-3-4-6-14(11)26-2)21-18(25)16-12-9-19-8-7-13(12)22-23-16;/h3-6,15,19H,7-9H2,1-2H3,(H,21,25)(H,22,23);1H. The Kier molecular flexibility index (Phi) is 5.96. The zero-order valence-electron chi connectivity index (χ0n) is 15.5. The first kappa shape index (κ1) is 19.8. The maximum atomic E-state index is 13.0. The summed E-state index contributed by atoms with van der Waals surface area (Å²) in [5.41, 5.74) is 2.99. The van der Waals surface area contributed by atoms with E-state index < -0.39 is 6.04 Å². The van der Waals surface area contributed by atoms with Gasteiger partial charge in [-0.05, 0) is 6.07 Å². The summed E-state index contributed by atoms with van der Waals surface area (Å²) >= 11 is 0. The van der Waals surface area contributed by atoms with Crippen LogP contribution in [0.15, 0.2) is 28.8 Å². The zero-order valence-corrected chi connectivity index (χ0v) is 16.3. The first-order valence-corrected chi connectivity index (χ1v) is 8.68. The Morgan fingerprint density at radius 1 is 1.36 bits per heavy atom. The van der Waals surface area contributed by atoms with Crippen LogP contribution >= 0.6 is 12.4 Å². The lowest BCUT2D eigenvalue weighted by molar-refractivity contribution is 0.0934. The van der Waals surface area contributed by atoms with Crippen LogP contribution in [0, 0.1) is 6.92 Å². The summed E-state index contributed by atoms with van der Waals surface area (Å²) in [4.78, 5) is 17.3. The molecule has 0 radical (unpaired) electrons. The van der Waals surface area contributed by atoms with Gasteiger partial charge in [0, 0.05) is 43.3 Å². The highest BCUT2D eigenvalue weighted by atomic mass is 35.5. The number of benzene rings is 1. The fourth-order valence-electron chi connectivity index (χ4n) is 3.23. The van der Waals surface area contributed by atoms with Gasteiger partial charge in [0.25, 0.3) is 5.91 Å². The second kappa shape index (κ2) is 8.41. The molecule has 0 spiro atoms. The van der Waals surface area contributed by atoms with Crippen molar-refractivity contribution < 1.29 is 14.1 Å². The molecule has 0 bridgehead atoms. The number of ether oxygens (including phenoxy) is 1. The molecule has 9 nitrogen and oxygen atoms in total. The number of halogens is 1. The number of amides is 1. The highest BCUT2D eigenvalue weighted by Crippen LogP contribution is 2.29. The van der Waals surface area contributed by atoms with Crippen LogP contribution in [0.4, 0.5) is 0 Å². The summed E-state index contributed by atoms with van der Waals surface area (Å²) in [6.07, 6.45) is 0.815. The van der Waals surface area contributed by atoms with Crippen LogP contribution in [0.2, 0.25) is 0 Å². The number of para-hydroxylation sites is 1. The molecule has 4 rings (SSSR count). The van der Waals surface area contributed by atoms with E-state index in [1.807, 2.05) is 24.3 Å². The van der Waals surface area contributed by atoms with Gasteiger partial charge in [0.05, 0.1) is 7.11 Å². The number of aromatic amines is 1. The molecule has 1 aliphatic rings. The van der Waals surface area contributed by atoms with E-state index in [1.54, 1.807) is 14.0 Å². The number of carbonyl (C=O) groups is 1. The molecule has 1 amide bonds. The van der Waals surface area contributed by atoms with Gasteiger partial charge >= 0.3 is 0 Å². The van der Waals surface area contributed by atoms with Crippen molar-refractivity contribution in [2.45, 2.75) is 25.9 Å². The second-order valence-corrected chi connectivity index (χ2v) is 6.28. The first-order valence-electron chi connectivity index (χ1n) is 8.68. The van der Waals surface area contributed by atoms with Gasteiger partial charge < -0.3 is 19.9 Å². The maximum Gasteiger partial charge on any atom is 0.272 e. The predicted octanol–water partition coefficient (Wildman–Crippen LogP) is 1.70. The molecule has 0 saturated carbocycles. The van der Waals surface area contributed by atoms with Gasteiger partial charge in [-0.2, -0.15) is 10.1 Å². The molecule has 1 aliphatic heterocycles. The second-order valence-electron chi connectivity index (χ2n) is 6.28. The van der Waals surface area contributed by atoms with Crippen LogP contribution in [0.5, 0.6) is 5.75 Å². The average Bonchev–Trinajstić information content (AvgIpc) is 3.32. The molecule has 148 valence electrons. The van der Waals surface area contributed by atoms with Crippen LogP contribution in [-0.4, -0.2) is 39.9 Å². The van der Waals surface area contributed by atoms with Crippen LogP contribution in [-0.2, 0) is 13.0 Å².